The van der Waals surface area contributed by atoms with Gasteiger partial charge in [-0.3, -0.25) is 4.55 Å². The first-order chi connectivity index (χ1) is 10.2. The highest BCUT2D eigenvalue weighted by Crippen LogP contribution is 2.20. The number of aromatic carboxylic acids is 1. The first kappa shape index (κ1) is 18.1. The van der Waals surface area contributed by atoms with Crippen LogP contribution in [0.2, 0.25) is 0 Å². The van der Waals surface area contributed by atoms with Crippen LogP contribution in [0.1, 0.15) is 53.8 Å². The Morgan fingerprint density at radius 1 is 1.27 bits per heavy atom. The molecule has 0 saturated carbocycles. The van der Waals surface area contributed by atoms with Gasteiger partial charge in [0.05, 0.1) is 11.1 Å². The van der Waals surface area contributed by atoms with Gasteiger partial charge >= 0.3 is 11.9 Å². The average molecular weight is 330 g/mol. The van der Waals surface area contributed by atoms with E-state index in [0.717, 1.165) is 24.6 Å². The minimum atomic E-state index is -4.75. The van der Waals surface area contributed by atoms with Crippen LogP contribution in [-0.4, -0.2) is 36.1 Å². The number of hydrogen-bond acceptors (Lipinski definition) is 5. The largest absolute Gasteiger partial charge is 0.478 e. The summed E-state index contributed by atoms with van der Waals surface area (Å²) >= 11 is 0. The van der Waals surface area contributed by atoms with Gasteiger partial charge in [-0.2, -0.15) is 8.42 Å². The van der Waals surface area contributed by atoms with Crippen LogP contribution < -0.4 is 0 Å². The molecule has 2 N–H and O–H groups in total. The van der Waals surface area contributed by atoms with E-state index in [1.807, 2.05) is 13.8 Å². The molecule has 0 spiro atoms. The average Bonchev–Trinajstić information content (AvgIpc) is 2.44. The molecule has 1 unspecified atom stereocenters. The van der Waals surface area contributed by atoms with Gasteiger partial charge in [0.25, 0.3) is 10.1 Å². The minimum Gasteiger partial charge on any atom is -0.478 e. The van der Waals surface area contributed by atoms with E-state index in [9.17, 15) is 22.6 Å². The molecule has 8 heteroatoms. The van der Waals surface area contributed by atoms with Gasteiger partial charge in [0.2, 0.25) is 0 Å². The normalized spacial score (nSPS) is 12.7. The van der Waals surface area contributed by atoms with Crippen LogP contribution >= 0.6 is 0 Å². The number of benzene rings is 1. The molecule has 0 aliphatic carbocycles. The van der Waals surface area contributed by atoms with E-state index in [1.165, 1.54) is 0 Å². The molecule has 1 atom stereocenters. The Bertz CT molecular complexity index is 664. The van der Waals surface area contributed by atoms with Crippen molar-refractivity contribution in [1.82, 2.24) is 0 Å². The van der Waals surface area contributed by atoms with Crippen LogP contribution in [0.4, 0.5) is 0 Å². The molecular weight excluding hydrogens is 312 g/mol. The lowest BCUT2D eigenvalue weighted by atomic mass is 10.1. The van der Waals surface area contributed by atoms with Gasteiger partial charge in [0.15, 0.2) is 0 Å². The fourth-order valence-corrected chi connectivity index (χ4v) is 2.63. The summed E-state index contributed by atoms with van der Waals surface area (Å²) < 4.78 is 37.1. The number of carboxylic acids is 1. The summed E-state index contributed by atoms with van der Waals surface area (Å²) in [6.07, 6.45) is 1.60. The highest BCUT2D eigenvalue weighted by molar-refractivity contribution is 7.86. The number of carbonyl (C=O) groups excluding carboxylic acids is 1. The second-order valence-corrected chi connectivity index (χ2v) is 6.11. The smallest absolute Gasteiger partial charge is 0.339 e. The topological polar surface area (TPSA) is 118 Å². The molecule has 0 saturated heterocycles. The van der Waals surface area contributed by atoms with Crippen LogP contribution in [0.5, 0.6) is 0 Å². The Hall–Kier alpha value is -1.93. The van der Waals surface area contributed by atoms with E-state index < -0.39 is 27.0 Å². The third-order valence-corrected chi connectivity index (χ3v) is 3.96. The zero-order valence-corrected chi connectivity index (χ0v) is 13.1. The molecule has 1 aromatic carbocycles. The summed E-state index contributed by atoms with van der Waals surface area (Å²) in [5, 5.41) is 8.87. The van der Waals surface area contributed by atoms with Crippen molar-refractivity contribution in [2.24, 2.45) is 0 Å². The Morgan fingerprint density at radius 2 is 1.91 bits per heavy atom. The van der Waals surface area contributed by atoms with E-state index in [-0.39, 0.29) is 17.2 Å². The molecule has 0 heterocycles. The lowest BCUT2D eigenvalue weighted by Gasteiger charge is -2.16. The van der Waals surface area contributed by atoms with Crippen molar-refractivity contribution in [3.8, 4) is 0 Å². The summed E-state index contributed by atoms with van der Waals surface area (Å²) in [6.45, 7) is 3.74. The van der Waals surface area contributed by atoms with Crippen molar-refractivity contribution in [1.29, 1.82) is 0 Å². The Labute approximate surface area is 128 Å². The number of carboxylic acid groups (broad SMARTS) is 1. The van der Waals surface area contributed by atoms with Gasteiger partial charge in [0, 0.05) is 0 Å². The Morgan fingerprint density at radius 3 is 2.36 bits per heavy atom. The molecule has 1 rings (SSSR count). The second-order valence-electron chi connectivity index (χ2n) is 4.72. The zero-order valence-electron chi connectivity index (χ0n) is 12.3. The van der Waals surface area contributed by atoms with E-state index in [1.54, 1.807) is 0 Å². The van der Waals surface area contributed by atoms with Gasteiger partial charge < -0.3 is 9.84 Å². The number of ether oxygens (including phenoxy) is 1. The van der Waals surface area contributed by atoms with Crippen molar-refractivity contribution >= 4 is 22.1 Å². The van der Waals surface area contributed by atoms with Gasteiger partial charge in [-0.25, -0.2) is 9.59 Å². The predicted molar refractivity (Wildman–Crippen MR) is 77.6 cm³/mol. The van der Waals surface area contributed by atoms with Crippen molar-refractivity contribution in [2.45, 2.75) is 44.1 Å². The van der Waals surface area contributed by atoms with Crippen LogP contribution in [0.15, 0.2) is 23.1 Å². The molecule has 0 amide bonds. The highest BCUT2D eigenvalue weighted by Gasteiger charge is 2.25. The van der Waals surface area contributed by atoms with Crippen molar-refractivity contribution in [3.63, 3.8) is 0 Å². The molecule has 0 aromatic heterocycles. The van der Waals surface area contributed by atoms with Gasteiger partial charge in [-0.1, -0.05) is 20.3 Å². The van der Waals surface area contributed by atoms with Crippen LogP contribution in [0.3, 0.4) is 0 Å². The fourth-order valence-electron chi connectivity index (χ4n) is 1.92. The zero-order chi connectivity index (χ0) is 16.9. The first-order valence-electron chi connectivity index (χ1n) is 6.76. The van der Waals surface area contributed by atoms with Gasteiger partial charge in [0.1, 0.15) is 11.0 Å². The summed E-state index contributed by atoms with van der Waals surface area (Å²) in [5.41, 5.74) is -0.744. The quantitative estimate of drug-likeness (QED) is 0.582. The van der Waals surface area contributed by atoms with Crippen LogP contribution in [0.25, 0.3) is 0 Å². The van der Waals surface area contributed by atoms with Crippen molar-refractivity contribution in [2.75, 3.05) is 0 Å². The molecule has 1 aromatic rings. The first-order valence-corrected chi connectivity index (χ1v) is 8.20. The number of hydrogen-bond donors (Lipinski definition) is 2. The summed E-state index contributed by atoms with van der Waals surface area (Å²) in [5.74, 6) is -2.29. The molecule has 22 heavy (non-hydrogen) atoms. The number of esters is 1. The van der Waals surface area contributed by atoms with E-state index >= 15 is 0 Å². The molecule has 122 valence electrons. The van der Waals surface area contributed by atoms with E-state index in [2.05, 4.69) is 0 Å². The summed E-state index contributed by atoms with van der Waals surface area (Å²) in [6, 6.07) is 2.83. The summed E-state index contributed by atoms with van der Waals surface area (Å²) in [4.78, 5) is 22.2. The number of carbonyl (C=O) groups is 2. The molecule has 0 radical (unpaired) electrons. The molecular formula is C14H18O7S. The lowest BCUT2D eigenvalue weighted by Crippen LogP contribution is -2.20. The third kappa shape index (κ3) is 4.54. The summed E-state index contributed by atoms with van der Waals surface area (Å²) in [7, 11) is -4.75. The maximum Gasteiger partial charge on any atom is 0.339 e. The van der Waals surface area contributed by atoms with Crippen LogP contribution in [0, 0.1) is 0 Å². The monoisotopic (exact) mass is 330 g/mol. The molecule has 7 nitrogen and oxygen atoms in total. The molecule has 0 bridgehead atoms. The predicted octanol–water partition coefficient (Wildman–Crippen LogP) is 2.37. The van der Waals surface area contributed by atoms with Crippen molar-refractivity contribution in [3.05, 3.63) is 29.3 Å². The third-order valence-electron chi connectivity index (χ3n) is 3.07. The van der Waals surface area contributed by atoms with E-state index in [4.69, 9.17) is 9.84 Å². The maximum absolute atomic E-state index is 12.1. The highest BCUT2D eigenvalue weighted by atomic mass is 32.2. The van der Waals surface area contributed by atoms with Gasteiger partial charge in [-0.15, -0.1) is 0 Å². The van der Waals surface area contributed by atoms with Crippen LogP contribution in [-0.2, 0) is 14.9 Å². The van der Waals surface area contributed by atoms with E-state index in [0.29, 0.717) is 12.8 Å². The van der Waals surface area contributed by atoms with Crippen molar-refractivity contribution < 1.29 is 32.4 Å². The molecule has 0 aliphatic heterocycles. The fraction of sp³-hybridized carbons (Fsp3) is 0.429. The molecule has 0 aliphatic rings. The standard InChI is InChI=1S/C14H18O7S/c1-3-5-10(4-2)21-14(17)11-7-6-9(13(15)16)8-12(11)22(18,19)20/h6-8,10H,3-5H2,1-2H3,(H,15,16)(H,18,19,20). The van der Waals surface area contributed by atoms with Gasteiger partial charge in [-0.05, 0) is 31.0 Å². The second kappa shape index (κ2) is 7.37. The Balaban J connectivity index is 3.23. The molecule has 0 fully saturated rings. The lowest BCUT2D eigenvalue weighted by molar-refractivity contribution is 0.0266. The Kier molecular flexibility index (Phi) is 6.07. The maximum atomic E-state index is 12.1. The SMILES string of the molecule is CCCC(CC)OC(=O)c1ccc(C(=O)O)cc1S(=O)(=O)O. The minimum absolute atomic E-state index is 0.357. The number of rotatable bonds is 7.